The molecule has 1 atom stereocenters. The minimum atomic E-state index is -3.98. The van der Waals surface area contributed by atoms with E-state index in [1.165, 1.54) is 5.32 Å². The SMILES string of the molecule is COC(c1c(C)c(O)c(O)c(O)c1O)C(O)(O)NC(O)(O)C(O)(O)c1ccc(NC(=O)Cc2nc(N)sc2O)cc1. The first kappa shape index (κ1) is 31.5. The number of aliphatic hydroxyl groups is 6. The third kappa shape index (κ3) is 6.05. The zero-order chi connectivity index (χ0) is 31.1. The number of hydrogen-bond donors (Lipinski definition) is 14. The molecule has 17 nitrogen and oxygen atoms in total. The molecule has 1 amide bonds. The van der Waals surface area contributed by atoms with Crippen LogP contribution in [0.1, 0.15) is 28.5 Å². The van der Waals surface area contributed by atoms with Crippen LogP contribution in [0.3, 0.4) is 0 Å². The molecular weight excluding hydrogens is 572 g/mol. The normalized spacial score (nSPS) is 13.3. The Balaban J connectivity index is 1.83. The predicted molar refractivity (Wildman–Crippen MR) is 138 cm³/mol. The van der Waals surface area contributed by atoms with Gasteiger partial charge in [0, 0.05) is 29.5 Å². The lowest BCUT2D eigenvalue weighted by Gasteiger charge is -2.41. The summed E-state index contributed by atoms with van der Waals surface area (Å²) in [6, 6.07) is 4.14. The van der Waals surface area contributed by atoms with Gasteiger partial charge in [0.1, 0.15) is 5.69 Å². The van der Waals surface area contributed by atoms with Crippen LogP contribution in [-0.4, -0.2) is 86.0 Å². The fourth-order valence-corrected chi connectivity index (χ4v) is 4.46. The first-order valence-corrected chi connectivity index (χ1v) is 12.1. The molecule has 1 unspecified atom stereocenters. The molecule has 224 valence electrons. The Morgan fingerprint density at radius 2 is 1.54 bits per heavy atom. The molecule has 2 aromatic carbocycles. The molecule has 3 rings (SSSR count). The van der Waals surface area contributed by atoms with Crippen molar-refractivity contribution < 1.29 is 65.7 Å². The van der Waals surface area contributed by atoms with E-state index < -0.39 is 69.3 Å². The minimum absolute atomic E-state index is 0.0369. The van der Waals surface area contributed by atoms with Gasteiger partial charge in [0.05, 0.1) is 6.42 Å². The molecule has 0 bridgehead atoms. The van der Waals surface area contributed by atoms with Gasteiger partial charge in [-0.25, -0.2) is 10.3 Å². The molecule has 15 N–H and O–H groups in total. The number of nitrogen functional groups attached to an aromatic ring is 1. The molecule has 0 radical (unpaired) electrons. The van der Waals surface area contributed by atoms with E-state index in [0.717, 1.165) is 49.6 Å². The maximum Gasteiger partial charge on any atom is 0.288 e. The number of hydrogen-bond acceptors (Lipinski definition) is 17. The van der Waals surface area contributed by atoms with Crippen LogP contribution in [0.5, 0.6) is 28.1 Å². The van der Waals surface area contributed by atoms with E-state index >= 15 is 0 Å². The topological polar surface area (TPSA) is 312 Å². The lowest BCUT2D eigenvalue weighted by atomic mass is 9.96. The molecule has 1 aromatic heterocycles. The molecule has 0 aliphatic rings. The summed E-state index contributed by atoms with van der Waals surface area (Å²) in [5.41, 5.74) is 3.81. The maximum absolute atomic E-state index is 12.2. The largest absolute Gasteiger partial charge is 0.504 e. The number of carbonyl (C=O) groups is 1. The number of methoxy groups -OCH3 is 1. The van der Waals surface area contributed by atoms with Crippen molar-refractivity contribution in [1.82, 2.24) is 10.3 Å². The summed E-state index contributed by atoms with van der Waals surface area (Å²) in [5, 5.41) is 116. The van der Waals surface area contributed by atoms with Crippen LogP contribution in [0.4, 0.5) is 10.8 Å². The lowest BCUT2D eigenvalue weighted by molar-refractivity contribution is -0.416. The van der Waals surface area contributed by atoms with Crippen LogP contribution < -0.4 is 16.4 Å². The van der Waals surface area contributed by atoms with Crippen molar-refractivity contribution in [2.75, 3.05) is 18.2 Å². The quantitative estimate of drug-likeness (QED) is 0.0688. The van der Waals surface area contributed by atoms with Gasteiger partial charge in [-0.05, 0) is 19.1 Å². The smallest absolute Gasteiger partial charge is 0.288 e. The van der Waals surface area contributed by atoms with E-state index in [0.29, 0.717) is 0 Å². The minimum Gasteiger partial charge on any atom is -0.504 e. The number of carbonyl (C=O) groups excluding carboxylic acids is 1. The Morgan fingerprint density at radius 1 is 0.976 bits per heavy atom. The van der Waals surface area contributed by atoms with Gasteiger partial charge in [0.25, 0.3) is 17.6 Å². The third-order valence-electron chi connectivity index (χ3n) is 5.99. The number of rotatable bonds is 10. The number of nitrogens with zero attached hydrogens (tertiary/aromatic N) is 1. The molecule has 0 aliphatic carbocycles. The highest BCUT2D eigenvalue weighted by Crippen LogP contribution is 2.50. The van der Waals surface area contributed by atoms with Crippen molar-refractivity contribution in [3.05, 3.63) is 46.6 Å². The monoisotopic (exact) mass is 600 g/mol. The van der Waals surface area contributed by atoms with Crippen molar-refractivity contribution in [3.8, 4) is 28.1 Å². The summed E-state index contributed by atoms with van der Waals surface area (Å²) in [4.78, 5) is 16.1. The lowest BCUT2D eigenvalue weighted by Crippen LogP contribution is -2.69. The van der Waals surface area contributed by atoms with Crippen molar-refractivity contribution in [2.45, 2.75) is 37.1 Å². The van der Waals surface area contributed by atoms with Crippen LogP contribution in [-0.2, 0) is 21.7 Å². The Morgan fingerprint density at radius 3 is 2.05 bits per heavy atom. The van der Waals surface area contributed by atoms with E-state index in [4.69, 9.17) is 10.5 Å². The maximum atomic E-state index is 12.2. The predicted octanol–water partition coefficient (Wildman–Crippen LogP) is -1.87. The van der Waals surface area contributed by atoms with Gasteiger partial charge in [-0.2, -0.15) is 0 Å². The number of phenols is 4. The van der Waals surface area contributed by atoms with Crippen LogP contribution in [0.25, 0.3) is 0 Å². The molecular formula is C23H28N4O13S. The number of aromatic nitrogens is 1. The van der Waals surface area contributed by atoms with Crippen LogP contribution >= 0.6 is 11.3 Å². The number of amides is 1. The number of phenolic OH excluding ortho intramolecular Hbond substituents is 4. The summed E-state index contributed by atoms with van der Waals surface area (Å²) < 4.78 is 4.90. The van der Waals surface area contributed by atoms with E-state index in [1.54, 1.807) is 0 Å². The van der Waals surface area contributed by atoms with Gasteiger partial charge in [-0.3, -0.25) is 4.79 Å². The van der Waals surface area contributed by atoms with Crippen molar-refractivity contribution in [2.24, 2.45) is 0 Å². The fourth-order valence-electron chi connectivity index (χ4n) is 3.87. The van der Waals surface area contributed by atoms with Crippen molar-refractivity contribution >= 4 is 28.1 Å². The van der Waals surface area contributed by atoms with Gasteiger partial charge < -0.3 is 72.0 Å². The Labute approximate surface area is 234 Å². The van der Waals surface area contributed by atoms with Gasteiger partial charge in [-0.15, -0.1) is 0 Å². The third-order valence-corrected chi connectivity index (χ3v) is 6.72. The summed E-state index contributed by atoms with van der Waals surface area (Å²) in [6.07, 6.45) is -2.60. The fraction of sp³-hybridized carbons (Fsp3) is 0.304. The first-order chi connectivity index (χ1) is 18.8. The summed E-state index contributed by atoms with van der Waals surface area (Å²) in [6.45, 7) is 1.08. The molecule has 3 aromatic rings. The number of aromatic hydroxyl groups is 5. The average Bonchev–Trinajstić information content (AvgIpc) is 3.19. The van der Waals surface area contributed by atoms with E-state index in [-0.39, 0.29) is 28.0 Å². The number of ether oxygens (including phenoxy) is 1. The van der Waals surface area contributed by atoms with Gasteiger partial charge >= 0.3 is 0 Å². The number of nitrogens with one attached hydrogen (secondary N) is 2. The highest BCUT2D eigenvalue weighted by atomic mass is 32.1. The van der Waals surface area contributed by atoms with Crippen LogP contribution in [0.2, 0.25) is 0 Å². The molecule has 0 fully saturated rings. The highest BCUT2D eigenvalue weighted by molar-refractivity contribution is 7.17. The number of anilines is 2. The van der Waals surface area contributed by atoms with E-state index in [9.17, 15) is 61.0 Å². The number of nitrogens with two attached hydrogens (primary N) is 1. The molecule has 0 saturated carbocycles. The number of thiazole rings is 1. The van der Waals surface area contributed by atoms with E-state index in [2.05, 4.69) is 10.3 Å². The Bertz CT molecular complexity index is 1410. The van der Waals surface area contributed by atoms with Gasteiger partial charge in [-0.1, -0.05) is 23.5 Å². The van der Waals surface area contributed by atoms with Crippen LogP contribution in [0.15, 0.2) is 24.3 Å². The highest BCUT2D eigenvalue weighted by Gasteiger charge is 2.55. The zero-order valence-electron chi connectivity index (χ0n) is 21.3. The molecule has 41 heavy (non-hydrogen) atoms. The molecule has 1 heterocycles. The zero-order valence-corrected chi connectivity index (χ0v) is 22.1. The summed E-state index contributed by atoms with van der Waals surface area (Å²) in [7, 11) is 0.854. The molecule has 0 saturated heterocycles. The number of benzene rings is 2. The van der Waals surface area contributed by atoms with Crippen LogP contribution in [0, 0.1) is 6.92 Å². The molecule has 0 aliphatic heterocycles. The Kier molecular flexibility index (Phi) is 8.56. The van der Waals surface area contributed by atoms with Gasteiger partial charge in [0.15, 0.2) is 27.8 Å². The van der Waals surface area contributed by atoms with Crippen molar-refractivity contribution in [3.63, 3.8) is 0 Å². The van der Waals surface area contributed by atoms with E-state index in [1.807, 2.05) is 0 Å². The Hall–Kier alpha value is -3.98. The first-order valence-electron chi connectivity index (χ1n) is 11.3. The standard InChI is InChI=1S/C23H28N4O13S/c1-8-13(15(30)17(32)16(31)14(8)29)18(40-2)22(36,37)27-23(38,39)21(34,35)9-3-5-10(6-4-9)25-12(28)7-11-19(33)41-20(24)26-11/h3-6,18,27,29-39H,7H2,1-2H3,(H2,24,26)(H,25,28). The summed E-state index contributed by atoms with van der Waals surface area (Å²) >= 11 is 0.778. The average molecular weight is 601 g/mol. The molecule has 0 spiro atoms. The second-order valence-electron chi connectivity index (χ2n) is 8.85. The molecule has 18 heteroatoms. The summed E-state index contributed by atoms with van der Waals surface area (Å²) in [5.74, 6) is -16.5. The second-order valence-corrected chi connectivity index (χ2v) is 9.86. The second kappa shape index (κ2) is 11.1. The van der Waals surface area contributed by atoms with Crippen molar-refractivity contribution in [1.29, 1.82) is 0 Å². The van der Waals surface area contributed by atoms with Gasteiger partial charge in [0.2, 0.25) is 17.4 Å².